The van der Waals surface area contributed by atoms with Gasteiger partial charge in [-0.1, -0.05) is 6.07 Å². The Balaban J connectivity index is 1.63. The highest BCUT2D eigenvalue weighted by atomic mass is 19.3. The maximum atomic E-state index is 12.5. The lowest BCUT2D eigenvalue weighted by molar-refractivity contribution is -0.0514. The number of amides is 1. The van der Waals surface area contributed by atoms with Crippen molar-refractivity contribution in [2.45, 2.75) is 20.1 Å². The van der Waals surface area contributed by atoms with Gasteiger partial charge in [-0.15, -0.1) is 0 Å². The Morgan fingerprint density at radius 1 is 1.03 bits per heavy atom. The standard InChI is InChI=1S/C22H21F2NO6/c1-3-28-20-11-14(7-9-18(20)31-22(23)24)25-21(26)19-10-8-17(30-19)13-29-16-6-4-5-15(12-16)27-2/h4-12,22H,3,13H2,1-2H3,(H,25,26). The second kappa shape index (κ2) is 10.3. The number of methoxy groups -OCH3 is 1. The van der Waals surface area contributed by atoms with E-state index in [0.29, 0.717) is 22.9 Å². The molecule has 1 amide bonds. The van der Waals surface area contributed by atoms with Crippen LogP contribution in [0.3, 0.4) is 0 Å². The molecule has 3 rings (SSSR count). The van der Waals surface area contributed by atoms with Crippen LogP contribution in [-0.4, -0.2) is 26.2 Å². The number of alkyl halides is 2. The van der Waals surface area contributed by atoms with E-state index in [4.69, 9.17) is 18.6 Å². The fourth-order valence-corrected chi connectivity index (χ4v) is 2.66. The van der Waals surface area contributed by atoms with Crippen LogP contribution < -0.4 is 24.3 Å². The van der Waals surface area contributed by atoms with Gasteiger partial charge in [-0.3, -0.25) is 4.79 Å². The monoisotopic (exact) mass is 433 g/mol. The molecule has 1 aromatic heterocycles. The molecule has 1 heterocycles. The van der Waals surface area contributed by atoms with Gasteiger partial charge in [-0.25, -0.2) is 0 Å². The van der Waals surface area contributed by atoms with E-state index in [-0.39, 0.29) is 30.5 Å². The lowest BCUT2D eigenvalue weighted by Crippen LogP contribution is -2.11. The van der Waals surface area contributed by atoms with Gasteiger partial charge in [-0.05, 0) is 43.3 Å². The molecule has 0 radical (unpaired) electrons. The summed E-state index contributed by atoms with van der Waals surface area (Å²) in [7, 11) is 1.56. The van der Waals surface area contributed by atoms with Crippen LogP contribution in [0.4, 0.5) is 14.5 Å². The van der Waals surface area contributed by atoms with Crippen LogP contribution in [0.25, 0.3) is 0 Å². The van der Waals surface area contributed by atoms with Crippen LogP contribution in [0.1, 0.15) is 23.2 Å². The molecule has 0 spiro atoms. The van der Waals surface area contributed by atoms with Gasteiger partial charge in [0.2, 0.25) is 0 Å². The fourth-order valence-electron chi connectivity index (χ4n) is 2.66. The predicted molar refractivity (Wildman–Crippen MR) is 108 cm³/mol. The lowest BCUT2D eigenvalue weighted by atomic mass is 10.2. The van der Waals surface area contributed by atoms with Gasteiger partial charge in [0.25, 0.3) is 5.91 Å². The molecule has 2 aromatic carbocycles. The summed E-state index contributed by atoms with van der Waals surface area (Å²) in [5, 5.41) is 2.63. The summed E-state index contributed by atoms with van der Waals surface area (Å²) in [5.41, 5.74) is 0.334. The maximum Gasteiger partial charge on any atom is 0.387 e. The quantitative estimate of drug-likeness (QED) is 0.478. The Morgan fingerprint density at radius 2 is 1.84 bits per heavy atom. The van der Waals surface area contributed by atoms with Gasteiger partial charge >= 0.3 is 6.61 Å². The van der Waals surface area contributed by atoms with E-state index < -0.39 is 12.5 Å². The summed E-state index contributed by atoms with van der Waals surface area (Å²) in [4.78, 5) is 12.5. The summed E-state index contributed by atoms with van der Waals surface area (Å²) < 4.78 is 51.0. The minimum Gasteiger partial charge on any atom is -0.497 e. The molecule has 1 N–H and O–H groups in total. The summed E-state index contributed by atoms with van der Waals surface area (Å²) in [6.45, 7) is -0.920. The van der Waals surface area contributed by atoms with Crippen molar-refractivity contribution in [2.75, 3.05) is 19.0 Å². The van der Waals surface area contributed by atoms with Gasteiger partial charge in [0.1, 0.15) is 23.9 Å². The molecule has 7 nitrogen and oxygen atoms in total. The summed E-state index contributed by atoms with van der Waals surface area (Å²) >= 11 is 0. The molecule has 0 bridgehead atoms. The highest BCUT2D eigenvalue weighted by Crippen LogP contribution is 2.32. The summed E-state index contributed by atoms with van der Waals surface area (Å²) in [6, 6.07) is 14.3. The van der Waals surface area contributed by atoms with Crippen LogP contribution in [0, 0.1) is 0 Å². The van der Waals surface area contributed by atoms with Crippen molar-refractivity contribution >= 4 is 11.6 Å². The van der Waals surface area contributed by atoms with E-state index in [0.717, 1.165) is 0 Å². The lowest BCUT2D eigenvalue weighted by Gasteiger charge is -2.13. The number of hydrogen-bond acceptors (Lipinski definition) is 6. The van der Waals surface area contributed by atoms with Crippen molar-refractivity contribution in [3.63, 3.8) is 0 Å². The number of rotatable bonds is 10. The van der Waals surface area contributed by atoms with E-state index in [1.807, 2.05) is 0 Å². The first-order chi connectivity index (χ1) is 15.0. The number of ether oxygens (including phenoxy) is 4. The number of halogens is 2. The second-order valence-corrected chi connectivity index (χ2v) is 6.16. The number of carbonyl (C=O) groups excluding carboxylic acids is 1. The van der Waals surface area contributed by atoms with E-state index in [9.17, 15) is 13.6 Å². The first-order valence-electron chi connectivity index (χ1n) is 9.37. The topological polar surface area (TPSA) is 79.2 Å². The van der Waals surface area contributed by atoms with Crippen LogP contribution in [0.2, 0.25) is 0 Å². The molecule has 0 atom stereocenters. The highest BCUT2D eigenvalue weighted by molar-refractivity contribution is 6.02. The molecule has 0 aliphatic heterocycles. The van der Waals surface area contributed by atoms with E-state index in [1.54, 1.807) is 44.4 Å². The Hall–Kier alpha value is -3.75. The maximum absolute atomic E-state index is 12.5. The minimum atomic E-state index is -2.99. The molecule has 164 valence electrons. The number of benzene rings is 2. The van der Waals surface area contributed by atoms with Crippen LogP contribution >= 0.6 is 0 Å². The van der Waals surface area contributed by atoms with Crippen molar-refractivity contribution in [3.05, 3.63) is 66.1 Å². The van der Waals surface area contributed by atoms with Gasteiger partial charge in [-0.2, -0.15) is 8.78 Å². The molecule has 3 aromatic rings. The molecular weight excluding hydrogens is 412 g/mol. The van der Waals surface area contributed by atoms with E-state index >= 15 is 0 Å². The molecule has 0 fully saturated rings. The number of carbonyl (C=O) groups is 1. The van der Waals surface area contributed by atoms with Gasteiger partial charge < -0.3 is 28.7 Å². The molecule has 0 unspecified atom stereocenters. The second-order valence-electron chi connectivity index (χ2n) is 6.16. The smallest absolute Gasteiger partial charge is 0.387 e. The van der Waals surface area contributed by atoms with Crippen LogP contribution in [0.5, 0.6) is 23.0 Å². The molecule has 9 heteroatoms. The third-order valence-electron chi connectivity index (χ3n) is 4.03. The third-order valence-corrected chi connectivity index (χ3v) is 4.03. The average molecular weight is 433 g/mol. The zero-order chi connectivity index (χ0) is 22.2. The predicted octanol–water partition coefficient (Wildman–Crippen LogP) is 5.12. The number of hydrogen-bond donors (Lipinski definition) is 1. The van der Waals surface area contributed by atoms with Crippen molar-refractivity contribution in [1.82, 2.24) is 0 Å². The van der Waals surface area contributed by atoms with Gasteiger partial charge in [0.05, 0.1) is 13.7 Å². The first kappa shape index (κ1) is 21.9. The molecule has 0 saturated carbocycles. The fraction of sp³-hybridized carbons (Fsp3) is 0.227. The van der Waals surface area contributed by atoms with Crippen molar-refractivity contribution < 1.29 is 36.9 Å². The molecule has 0 saturated heterocycles. The summed E-state index contributed by atoms with van der Waals surface area (Å²) in [5.74, 6) is 1.22. The number of anilines is 1. The van der Waals surface area contributed by atoms with Crippen molar-refractivity contribution in [2.24, 2.45) is 0 Å². The molecule has 0 aliphatic rings. The zero-order valence-electron chi connectivity index (χ0n) is 16.9. The van der Waals surface area contributed by atoms with Gasteiger partial charge in [0, 0.05) is 17.8 Å². The summed E-state index contributed by atoms with van der Waals surface area (Å²) in [6.07, 6.45) is 0. The zero-order valence-corrected chi connectivity index (χ0v) is 16.9. The Bertz CT molecular complexity index is 1020. The highest BCUT2D eigenvalue weighted by Gasteiger charge is 2.15. The SMILES string of the molecule is CCOc1cc(NC(=O)c2ccc(COc3cccc(OC)c3)o2)ccc1OC(F)F. The molecule has 0 aliphatic carbocycles. The van der Waals surface area contributed by atoms with E-state index in [1.165, 1.54) is 24.3 Å². The number of furan rings is 1. The Labute approximate surface area is 177 Å². The Kier molecular flexibility index (Phi) is 7.31. The largest absolute Gasteiger partial charge is 0.497 e. The normalized spacial score (nSPS) is 10.6. The van der Waals surface area contributed by atoms with Crippen molar-refractivity contribution in [3.8, 4) is 23.0 Å². The number of nitrogens with one attached hydrogen (secondary N) is 1. The van der Waals surface area contributed by atoms with Gasteiger partial charge in [0.15, 0.2) is 17.3 Å². The third kappa shape index (κ3) is 6.11. The first-order valence-corrected chi connectivity index (χ1v) is 9.37. The van der Waals surface area contributed by atoms with Crippen molar-refractivity contribution in [1.29, 1.82) is 0 Å². The molecular formula is C22H21F2NO6. The molecule has 31 heavy (non-hydrogen) atoms. The van der Waals surface area contributed by atoms with E-state index in [2.05, 4.69) is 10.1 Å². The average Bonchev–Trinajstić information content (AvgIpc) is 3.23. The van der Waals surface area contributed by atoms with Crippen LogP contribution in [0.15, 0.2) is 59.0 Å². The Morgan fingerprint density at radius 3 is 2.58 bits per heavy atom. The van der Waals surface area contributed by atoms with Crippen LogP contribution in [-0.2, 0) is 6.61 Å². The minimum absolute atomic E-state index is 0.0649.